The second-order valence-electron chi connectivity index (χ2n) is 5.39. The van der Waals surface area contributed by atoms with Crippen molar-refractivity contribution >= 4 is 11.6 Å². The molecule has 0 radical (unpaired) electrons. The lowest BCUT2D eigenvalue weighted by atomic mass is 10.0. The molecule has 4 heteroatoms. The molecule has 0 aliphatic carbocycles. The Labute approximate surface area is 129 Å². The molecule has 3 rings (SSSR count). The number of carbonyl (C=O) groups excluding carboxylic acids is 1. The summed E-state index contributed by atoms with van der Waals surface area (Å²) in [4.78, 5) is 12.6. The highest BCUT2D eigenvalue weighted by atomic mass is 16.1. The predicted molar refractivity (Wildman–Crippen MR) is 87.3 cm³/mol. The fraction of sp³-hybridized carbons (Fsp3) is 0.111. The van der Waals surface area contributed by atoms with Crippen molar-refractivity contribution in [3.8, 4) is 5.69 Å². The fourth-order valence-electron chi connectivity index (χ4n) is 2.37. The Hall–Kier alpha value is -2.88. The van der Waals surface area contributed by atoms with Gasteiger partial charge in [-0.15, -0.1) is 0 Å². The van der Waals surface area contributed by atoms with E-state index in [2.05, 4.69) is 5.10 Å². The quantitative estimate of drug-likeness (QED) is 0.753. The molecule has 0 saturated carbocycles. The summed E-state index contributed by atoms with van der Waals surface area (Å²) in [6, 6.07) is 15.3. The Bertz CT molecular complexity index is 832. The van der Waals surface area contributed by atoms with E-state index < -0.39 is 0 Å². The van der Waals surface area contributed by atoms with Crippen LogP contribution in [0.15, 0.2) is 54.7 Å². The first-order chi connectivity index (χ1) is 10.6. The number of aryl methyl sites for hydroxylation is 2. The number of nitrogens with two attached hydrogens (primary N) is 1. The third-order valence-corrected chi connectivity index (χ3v) is 3.61. The first kappa shape index (κ1) is 14.1. The molecule has 2 N–H and O–H groups in total. The van der Waals surface area contributed by atoms with Gasteiger partial charge in [-0.2, -0.15) is 5.10 Å². The maximum atomic E-state index is 12.6. The van der Waals surface area contributed by atoms with Gasteiger partial charge in [0.1, 0.15) is 5.82 Å². The largest absolute Gasteiger partial charge is 0.383 e. The first-order valence-electron chi connectivity index (χ1n) is 7.08. The molecule has 0 aliphatic heterocycles. The number of carbonyl (C=O) groups is 1. The molecule has 0 amide bonds. The number of nitrogens with zero attached hydrogens (tertiary/aromatic N) is 2. The van der Waals surface area contributed by atoms with E-state index in [1.54, 1.807) is 10.7 Å². The summed E-state index contributed by atoms with van der Waals surface area (Å²) < 4.78 is 1.59. The third-order valence-electron chi connectivity index (χ3n) is 3.61. The number of rotatable bonds is 3. The van der Waals surface area contributed by atoms with E-state index in [0.717, 1.165) is 16.8 Å². The van der Waals surface area contributed by atoms with Crippen LogP contribution in [-0.2, 0) is 0 Å². The topological polar surface area (TPSA) is 60.9 Å². The maximum Gasteiger partial charge on any atom is 0.198 e. The van der Waals surface area contributed by atoms with E-state index in [1.807, 2.05) is 56.3 Å². The number of nitrogen functional groups attached to an aromatic ring is 1. The number of hydrogen-bond donors (Lipinski definition) is 1. The third kappa shape index (κ3) is 2.51. The van der Waals surface area contributed by atoms with Gasteiger partial charge in [-0.3, -0.25) is 4.79 Å². The number of hydrogen-bond acceptors (Lipinski definition) is 3. The minimum atomic E-state index is -0.112. The molecule has 4 nitrogen and oxygen atoms in total. The molecular formula is C18H17N3O. The molecule has 2 aromatic carbocycles. The van der Waals surface area contributed by atoms with Crippen molar-refractivity contribution in [1.29, 1.82) is 0 Å². The van der Waals surface area contributed by atoms with Crippen LogP contribution in [0, 0.1) is 13.8 Å². The van der Waals surface area contributed by atoms with E-state index in [4.69, 9.17) is 5.73 Å². The fourth-order valence-corrected chi connectivity index (χ4v) is 2.37. The summed E-state index contributed by atoms with van der Waals surface area (Å²) in [6.45, 7) is 3.97. The lowest BCUT2D eigenvalue weighted by molar-refractivity contribution is 0.103. The maximum absolute atomic E-state index is 12.6. The second kappa shape index (κ2) is 5.48. The number of anilines is 1. The molecule has 0 unspecified atom stereocenters. The Morgan fingerprint density at radius 3 is 2.45 bits per heavy atom. The van der Waals surface area contributed by atoms with Crippen LogP contribution in [0.5, 0.6) is 0 Å². The van der Waals surface area contributed by atoms with Crippen molar-refractivity contribution < 1.29 is 4.79 Å². The number of benzene rings is 2. The molecule has 22 heavy (non-hydrogen) atoms. The van der Waals surface area contributed by atoms with Gasteiger partial charge in [0.05, 0.1) is 17.4 Å². The SMILES string of the molecule is Cc1ccc(-n2ncc(C(=O)c3cccc(C)c3)c2N)cc1. The zero-order valence-electron chi connectivity index (χ0n) is 12.6. The van der Waals surface area contributed by atoms with Crippen LogP contribution in [0.3, 0.4) is 0 Å². The van der Waals surface area contributed by atoms with Crippen LogP contribution in [0.25, 0.3) is 5.69 Å². The number of aromatic nitrogens is 2. The van der Waals surface area contributed by atoms with Crippen molar-refractivity contribution in [3.05, 3.63) is 77.0 Å². The first-order valence-corrected chi connectivity index (χ1v) is 7.08. The molecule has 1 heterocycles. The van der Waals surface area contributed by atoms with Gasteiger partial charge in [0.25, 0.3) is 0 Å². The molecule has 0 spiro atoms. The molecule has 0 fully saturated rings. The molecule has 0 aliphatic rings. The van der Waals surface area contributed by atoms with E-state index in [-0.39, 0.29) is 5.78 Å². The average Bonchev–Trinajstić information content (AvgIpc) is 2.89. The molecule has 3 aromatic rings. The van der Waals surface area contributed by atoms with Crippen LogP contribution in [0.4, 0.5) is 5.82 Å². The lowest BCUT2D eigenvalue weighted by Gasteiger charge is -2.06. The van der Waals surface area contributed by atoms with Crippen molar-refractivity contribution in [2.24, 2.45) is 0 Å². The molecule has 0 atom stereocenters. The van der Waals surface area contributed by atoms with Gasteiger partial charge in [-0.1, -0.05) is 41.5 Å². The molecule has 1 aromatic heterocycles. The second-order valence-corrected chi connectivity index (χ2v) is 5.39. The van der Waals surface area contributed by atoms with Crippen LogP contribution < -0.4 is 5.73 Å². The van der Waals surface area contributed by atoms with Gasteiger partial charge in [-0.25, -0.2) is 4.68 Å². The van der Waals surface area contributed by atoms with Crippen molar-refractivity contribution in [1.82, 2.24) is 9.78 Å². The van der Waals surface area contributed by atoms with Gasteiger partial charge in [0.2, 0.25) is 0 Å². The van der Waals surface area contributed by atoms with E-state index in [0.29, 0.717) is 16.9 Å². The Morgan fingerprint density at radius 2 is 1.77 bits per heavy atom. The van der Waals surface area contributed by atoms with E-state index in [1.165, 1.54) is 6.20 Å². The normalized spacial score (nSPS) is 10.6. The summed E-state index contributed by atoms with van der Waals surface area (Å²) in [5, 5.41) is 4.26. The summed E-state index contributed by atoms with van der Waals surface area (Å²) in [7, 11) is 0. The van der Waals surface area contributed by atoms with Gasteiger partial charge in [0.15, 0.2) is 5.78 Å². The zero-order chi connectivity index (χ0) is 15.7. The Morgan fingerprint density at radius 1 is 1.05 bits per heavy atom. The lowest BCUT2D eigenvalue weighted by Crippen LogP contribution is -2.07. The van der Waals surface area contributed by atoms with Crippen LogP contribution in [0.2, 0.25) is 0 Å². The van der Waals surface area contributed by atoms with E-state index in [9.17, 15) is 4.79 Å². The Balaban J connectivity index is 2.00. The number of ketones is 1. The molecule has 0 bridgehead atoms. The van der Waals surface area contributed by atoms with Gasteiger partial charge < -0.3 is 5.73 Å². The molecular weight excluding hydrogens is 274 g/mol. The summed E-state index contributed by atoms with van der Waals surface area (Å²) in [5.41, 5.74) is 10.2. The molecule has 110 valence electrons. The highest BCUT2D eigenvalue weighted by Gasteiger charge is 2.17. The standard InChI is InChI=1S/C18H17N3O/c1-12-6-8-15(9-7-12)21-18(19)16(11-20-21)17(22)14-5-3-4-13(2)10-14/h3-11H,19H2,1-2H3. The monoisotopic (exact) mass is 291 g/mol. The summed E-state index contributed by atoms with van der Waals surface area (Å²) in [5.74, 6) is 0.245. The molecule has 0 saturated heterocycles. The minimum absolute atomic E-state index is 0.112. The highest BCUT2D eigenvalue weighted by molar-refractivity contribution is 6.11. The Kier molecular flexibility index (Phi) is 3.51. The van der Waals surface area contributed by atoms with Crippen molar-refractivity contribution in [3.63, 3.8) is 0 Å². The smallest absolute Gasteiger partial charge is 0.198 e. The predicted octanol–water partition coefficient (Wildman–Crippen LogP) is 3.30. The highest BCUT2D eigenvalue weighted by Crippen LogP contribution is 2.21. The van der Waals surface area contributed by atoms with Gasteiger partial charge in [0, 0.05) is 5.56 Å². The van der Waals surface area contributed by atoms with Crippen LogP contribution >= 0.6 is 0 Å². The zero-order valence-corrected chi connectivity index (χ0v) is 12.6. The van der Waals surface area contributed by atoms with Crippen molar-refractivity contribution in [2.75, 3.05) is 5.73 Å². The minimum Gasteiger partial charge on any atom is -0.383 e. The average molecular weight is 291 g/mol. The van der Waals surface area contributed by atoms with Gasteiger partial charge >= 0.3 is 0 Å². The summed E-state index contributed by atoms with van der Waals surface area (Å²) >= 11 is 0. The van der Waals surface area contributed by atoms with Crippen molar-refractivity contribution in [2.45, 2.75) is 13.8 Å². The summed E-state index contributed by atoms with van der Waals surface area (Å²) in [6.07, 6.45) is 1.53. The van der Waals surface area contributed by atoms with E-state index >= 15 is 0 Å². The van der Waals surface area contributed by atoms with Crippen LogP contribution in [0.1, 0.15) is 27.0 Å². The van der Waals surface area contributed by atoms with Gasteiger partial charge in [-0.05, 0) is 32.0 Å². The van der Waals surface area contributed by atoms with Crippen LogP contribution in [-0.4, -0.2) is 15.6 Å².